The van der Waals surface area contributed by atoms with Crippen LogP contribution in [0.2, 0.25) is 0 Å². The van der Waals surface area contributed by atoms with Crippen LogP contribution in [0.25, 0.3) is 16.8 Å². The molecular weight excluding hydrogens is 574 g/mol. The summed E-state index contributed by atoms with van der Waals surface area (Å²) >= 11 is 0. The maximum absolute atomic E-state index is 15.3. The van der Waals surface area contributed by atoms with E-state index in [1.807, 2.05) is 65.2 Å². The maximum atomic E-state index is 15.3. The van der Waals surface area contributed by atoms with Crippen LogP contribution in [0.4, 0.5) is 13.2 Å². The zero-order valence-corrected chi connectivity index (χ0v) is 23.5. The highest BCUT2D eigenvalue weighted by molar-refractivity contribution is 7.55. The van der Waals surface area contributed by atoms with Crippen molar-refractivity contribution in [3.8, 4) is 28.5 Å². The summed E-state index contributed by atoms with van der Waals surface area (Å²) in [5.74, 6) is 0.232. The minimum atomic E-state index is -4.86. The maximum Gasteiger partial charge on any atom is 0.573 e. The van der Waals surface area contributed by atoms with Gasteiger partial charge in [-0.1, -0.05) is 84.9 Å². The van der Waals surface area contributed by atoms with Crippen LogP contribution >= 0.6 is 7.60 Å². The molecular formula is C34H25F3NO4P. The highest BCUT2D eigenvalue weighted by Crippen LogP contribution is 2.64. The Morgan fingerprint density at radius 3 is 1.72 bits per heavy atom. The van der Waals surface area contributed by atoms with Crippen LogP contribution in [0.3, 0.4) is 0 Å². The summed E-state index contributed by atoms with van der Waals surface area (Å²) in [4.78, 5) is 0. The highest BCUT2D eigenvalue weighted by atomic mass is 31.2. The van der Waals surface area contributed by atoms with E-state index in [1.54, 1.807) is 60.7 Å². The Hall–Kier alpha value is -4.94. The molecule has 1 unspecified atom stereocenters. The van der Waals surface area contributed by atoms with E-state index in [0.29, 0.717) is 22.6 Å². The number of hydrogen-bond acceptors (Lipinski definition) is 4. The lowest BCUT2D eigenvalue weighted by Gasteiger charge is -2.28. The number of fused-ring (bicyclic) bond motifs is 1. The van der Waals surface area contributed by atoms with Crippen LogP contribution in [-0.4, -0.2) is 10.8 Å². The van der Waals surface area contributed by atoms with Gasteiger partial charge in [0.25, 0.3) is 0 Å². The molecule has 6 aromatic rings. The van der Waals surface area contributed by atoms with Crippen LogP contribution in [0.5, 0.6) is 17.2 Å². The third kappa shape index (κ3) is 6.30. The van der Waals surface area contributed by atoms with Crippen molar-refractivity contribution in [3.63, 3.8) is 0 Å². The van der Waals surface area contributed by atoms with Crippen LogP contribution in [0, 0.1) is 0 Å². The number of alkyl halides is 3. The summed E-state index contributed by atoms with van der Waals surface area (Å²) in [5.41, 5.74) is 2.46. The van der Waals surface area contributed by atoms with Gasteiger partial charge in [0.2, 0.25) is 0 Å². The van der Waals surface area contributed by atoms with Crippen molar-refractivity contribution in [1.29, 1.82) is 0 Å². The molecule has 0 aliphatic heterocycles. The summed E-state index contributed by atoms with van der Waals surface area (Å²) < 4.78 is 72.8. The van der Waals surface area contributed by atoms with Crippen molar-refractivity contribution in [1.82, 2.24) is 4.40 Å². The van der Waals surface area contributed by atoms with Crippen LogP contribution in [0.1, 0.15) is 16.8 Å². The van der Waals surface area contributed by atoms with E-state index in [2.05, 4.69) is 4.74 Å². The number of ether oxygens (including phenoxy) is 1. The number of hydrogen-bond donors (Lipinski definition) is 0. The third-order valence-corrected chi connectivity index (χ3v) is 8.91. The van der Waals surface area contributed by atoms with Crippen molar-refractivity contribution in [3.05, 3.63) is 157 Å². The van der Waals surface area contributed by atoms with Crippen molar-refractivity contribution in [2.75, 3.05) is 0 Å². The van der Waals surface area contributed by atoms with Gasteiger partial charge in [-0.15, -0.1) is 13.2 Å². The topological polar surface area (TPSA) is 49.2 Å². The molecule has 5 nitrogen and oxygen atoms in total. The van der Waals surface area contributed by atoms with Crippen LogP contribution in [0.15, 0.2) is 146 Å². The first-order valence-corrected chi connectivity index (χ1v) is 15.0. The second-order valence-electron chi connectivity index (χ2n) is 9.67. The number of para-hydroxylation sites is 2. The average molecular weight is 600 g/mol. The molecule has 0 N–H and O–H groups in total. The molecule has 6 rings (SSSR count). The molecule has 0 saturated heterocycles. The number of benzene rings is 4. The molecule has 0 spiro atoms. The van der Waals surface area contributed by atoms with Gasteiger partial charge >= 0.3 is 14.0 Å². The molecule has 0 aliphatic rings. The van der Waals surface area contributed by atoms with Gasteiger partial charge in [-0.2, -0.15) is 0 Å². The first kappa shape index (κ1) is 28.2. The number of pyridine rings is 1. The predicted octanol–water partition coefficient (Wildman–Crippen LogP) is 9.95. The average Bonchev–Trinajstić information content (AvgIpc) is 3.38. The molecule has 9 heteroatoms. The molecule has 0 amide bonds. The molecule has 0 saturated carbocycles. The summed E-state index contributed by atoms with van der Waals surface area (Å²) in [6.07, 6.45) is -2.95. The fourth-order valence-corrected chi connectivity index (χ4v) is 7.16. The first-order chi connectivity index (χ1) is 20.8. The molecule has 2 heterocycles. The molecule has 1 atom stereocenters. The van der Waals surface area contributed by atoms with E-state index in [1.165, 1.54) is 24.3 Å². The molecule has 0 bridgehead atoms. The fourth-order valence-electron chi connectivity index (χ4n) is 4.99. The zero-order chi connectivity index (χ0) is 29.9. The van der Waals surface area contributed by atoms with Crippen LogP contribution < -0.4 is 13.8 Å². The van der Waals surface area contributed by atoms with Crippen LogP contribution in [-0.2, 0) is 4.57 Å². The van der Waals surface area contributed by atoms with Crippen molar-refractivity contribution in [2.45, 2.75) is 12.0 Å². The highest BCUT2D eigenvalue weighted by Gasteiger charge is 2.44. The summed E-state index contributed by atoms with van der Waals surface area (Å²) in [6.45, 7) is 0. The molecule has 43 heavy (non-hydrogen) atoms. The Kier molecular flexibility index (Phi) is 7.70. The van der Waals surface area contributed by atoms with E-state index in [0.717, 1.165) is 16.8 Å². The SMILES string of the molecule is O=P(Oc1ccccc1)(Oc1ccccc1)C(c1ccc(OC(F)(F)F)cc1)c1cc(-c2ccccc2)n2ccccc12. The molecule has 4 aromatic carbocycles. The zero-order valence-electron chi connectivity index (χ0n) is 22.6. The van der Waals surface area contributed by atoms with E-state index < -0.39 is 25.4 Å². The quantitative estimate of drug-likeness (QED) is 0.155. The van der Waals surface area contributed by atoms with E-state index in [9.17, 15) is 13.2 Å². The Bertz CT molecular complexity index is 1810. The molecule has 0 fully saturated rings. The van der Waals surface area contributed by atoms with Gasteiger partial charge in [0, 0.05) is 11.8 Å². The monoisotopic (exact) mass is 599 g/mol. The number of aromatic nitrogens is 1. The molecule has 2 aromatic heterocycles. The van der Waals surface area contributed by atoms with Gasteiger partial charge in [-0.05, 0) is 65.7 Å². The van der Waals surface area contributed by atoms with Gasteiger partial charge in [-0.25, -0.2) is 4.57 Å². The minimum absolute atomic E-state index is 0.315. The largest absolute Gasteiger partial charge is 0.573 e. The Morgan fingerprint density at radius 1 is 0.628 bits per heavy atom. The van der Waals surface area contributed by atoms with E-state index in [4.69, 9.17) is 9.05 Å². The van der Waals surface area contributed by atoms with Gasteiger partial charge < -0.3 is 18.2 Å². The molecule has 0 radical (unpaired) electrons. The first-order valence-electron chi connectivity index (χ1n) is 13.4. The lowest BCUT2D eigenvalue weighted by molar-refractivity contribution is -0.274. The second-order valence-corrected chi connectivity index (χ2v) is 11.6. The third-order valence-electron chi connectivity index (χ3n) is 6.77. The van der Waals surface area contributed by atoms with Gasteiger partial charge in [0.15, 0.2) is 0 Å². The predicted molar refractivity (Wildman–Crippen MR) is 160 cm³/mol. The van der Waals surface area contributed by atoms with Gasteiger partial charge in [0.1, 0.15) is 22.9 Å². The van der Waals surface area contributed by atoms with Gasteiger partial charge in [0.05, 0.1) is 11.2 Å². The van der Waals surface area contributed by atoms with Crippen molar-refractivity contribution in [2.24, 2.45) is 0 Å². The Morgan fingerprint density at radius 2 is 1.16 bits per heavy atom. The molecule has 216 valence electrons. The Labute approximate surface area is 246 Å². The van der Waals surface area contributed by atoms with Gasteiger partial charge in [-0.3, -0.25) is 0 Å². The minimum Gasteiger partial charge on any atom is -0.415 e. The van der Waals surface area contributed by atoms with Crippen molar-refractivity contribution >= 4 is 13.1 Å². The van der Waals surface area contributed by atoms with E-state index >= 15 is 4.57 Å². The standard InChI is InChI=1S/C34H25F3NO4P/c35-34(36,37)40-27-21-19-26(20-22-27)33(30-24-32(25-12-4-1-5-13-25)38-23-11-10-18-31(30)38)43(39,41-28-14-6-2-7-15-28)42-29-16-8-3-9-17-29/h1-24,33H. The number of rotatable bonds is 9. The fraction of sp³-hybridized carbons (Fsp3) is 0.0588. The normalized spacial score (nSPS) is 12.5. The summed E-state index contributed by atoms with van der Waals surface area (Å²) in [5, 5.41) is 0. The second kappa shape index (κ2) is 11.7. The lowest BCUT2D eigenvalue weighted by atomic mass is 10.0. The number of nitrogens with zero attached hydrogens (tertiary/aromatic N) is 1. The smallest absolute Gasteiger partial charge is 0.415 e. The summed E-state index contributed by atoms with van der Waals surface area (Å²) in [7, 11) is -4.23. The summed E-state index contributed by atoms with van der Waals surface area (Å²) in [6, 6.07) is 39.9. The van der Waals surface area contributed by atoms with Crippen molar-refractivity contribution < 1.29 is 31.5 Å². The number of halogens is 3. The Balaban J connectivity index is 1.58. The van der Waals surface area contributed by atoms with E-state index in [-0.39, 0.29) is 0 Å². The lowest BCUT2D eigenvalue weighted by Crippen LogP contribution is -2.17. The molecule has 0 aliphatic carbocycles.